The number of ether oxygens (including phenoxy) is 1. The van der Waals surface area contributed by atoms with E-state index in [1.165, 1.54) is 5.69 Å². The maximum Gasteiger partial charge on any atom is 0.224 e. The quantitative estimate of drug-likeness (QED) is 0.812. The number of hydrogen-bond donors (Lipinski definition) is 1. The number of carbonyl (C=O) groups is 1. The molecule has 0 bridgehead atoms. The minimum absolute atomic E-state index is 0.170. The highest BCUT2D eigenvalue weighted by Crippen LogP contribution is 2.18. The number of nitrogens with zero attached hydrogens (tertiary/aromatic N) is 2. The second kappa shape index (κ2) is 9.31. The summed E-state index contributed by atoms with van der Waals surface area (Å²) in [6.07, 6.45) is 0.680. The van der Waals surface area contributed by atoms with Crippen LogP contribution in [0, 0.1) is 0 Å². The normalized spacial score (nSPS) is 14.3. The first-order chi connectivity index (χ1) is 13.1. The van der Waals surface area contributed by atoms with Crippen LogP contribution in [0.4, 0.5) is 11.4 Å². The summed E-state index contributed by atoms with van der Waals surface area (Å²) < 4.78 is 5.64. The molecule has 0 unspecified atom stereocenters. The first-order valence-electron chi connectivity index (χ1n) is 9.70. The molecule has 0 spiro atoms. The summed E-state index contributed by atoms with van der Waals surface area (Å²) in [6, 6.07) is 18.3. The second-order valence-corrected chi connectivity index (χ2v) is 7.07. The Morgan fingerprint density at radius 2 is 1.67 bits per heavy atom. The zero-order chi connectivity index (χ0) is 19.1. The number of anilines is 2. The number of benzene rings is 2. The van der Waals surface area contributed by atoms with E-state index in [2.05, 4.69) is 34.5 Å². The lowest BCUT2D eigenvalue weighted by Crippen LogP contribution is -2.49. The minimum Gasteiger partial charge on any atom is -0.491 e. The highest BCUT2D eigenvalue weighted by Gasteiger charge is 2.20. The van der Waals surface area contributed by atoms with Crippen molar-refractivity contribution in [2.24, 2.45) is 0 Å². The second-order valence-electron chi connectivity index (χ2n) is 7.07. The van der Waals surface area contributed by atoms with E-state index in [1.807, 2.05) is 49.1 Å². The predicted octanol–water partition coefficient (Wildman–Crippen LogP) is 3.62. The summed E-state index contributed by atoms with van der Waals surface area (Å²) in [5.74, 6) is 1.08. The summed E-state index contributed by atoms with van der Waals surface area (Å²) in [5.41, 5.74) is 2.24. The number of carbonyl (C=O) groups excluding carboxylic acids is 1. The lowest BCUT2D eigenvalue weighted by atomic mass is 10.2. The minimum atomic E-state index is 0.170. The third-order valence-electron chi connectivity index (χ3n) is 4.65. The van der Waals surface area contributed by atoms with Crippen LogP contribution < -0.4 is 15.0 Å². The molecule has 1 fully saturated rings. The van der Waals surface area contributed by atoms with E-state index in [0.29, 0.717) is 13.0 Å². The summed E-state index contributed by atoms with van der Waals surface area (Å²) in [5, 5.41) is 3.32. The zero-order valence-electron chi connectivity index (χ0n) is 16.2. The van der Waals surface area contributed by atoms with E-state index in [0.717, 1.165) is 37.6 Å². The highest BCUT2D eigenvalue weighted by molar-refractivity contribution is 5.77. The maximum atomic E-state index is 12.5. The van der Waals surface area contributed by atoms with Gasteiger partial charge in [0.25, 0.3) is 0 Å². The standard InChI is InChI=1S/C22H29N3O2/c1-18(2)27-21-10-8-19(9-11-21)23-13-12-22(26)25-16-14-24(15-17-25)20-6-4-3-5-7-20/h3-11,18,23H,12-17H2,1-2H3. The monoisotopic (exact) mass is 367 g/mol. The van der Waals surface area contributed by atoms with E-state index in [4.69, 9.17) is 4.74 Å². The summed E-state index contributed by atoms with van der Waals surface area (Å²) >= 11 is 0. The molecule has 1 N–H and O–H groups in total. The van der Waals surface area contributed by atoms with E-state index in [1.54, 1.807) is 0 Å². The fourth-order valence-electron chi connectivity index (χ4n) is 3.25. The van der Waals surface area contributed by atoms with Crippen LogP contribution >= 0.6 is 0 Å². The van der Waals surface area contributed by atoms with Gasteiger partial charge in [-0.3, -0.25) is 4.79 Å². The van der Waals surface area contributed by atoms with Gasteiger partial charge in [-0.15, -0.1) is 0 Å². The first kappa shape index (κ1) is 19.1. The molecule has 5 nitrogen and oxygen atoms in total. The largest absolute Gasteiger partial charge is 0.491 e. The van der Waals surface area contributed by atoms with Crippen LogP contribution in [0.2, 0.25) is 0 Å². The Labute approximate surface area is 161 Å². The average molecular weight is 367 g/mol. The predicted molar refractivity (Wildman–Crippen MR) is 111 cm³/mol. The molecule has 27 heavy (non-hydrogen) atoms. The topological polar surface area (TPSA) is 44.8 Å². The number of hydrogen-bond acceptors (Lipinski definition) is 4. The van der Waals surface area contributed by atoms with E-state index in [9.17, 15) is 4.79 Å². The van der Waals surface area contributed by atoms with Gasteiger partial charge in [0.05, 0.1) is 6.10 Å². The molecule has 5 heteroatoms. The van der Waals surface area contributed by atoms with Gasteiger partial charge in [0.1, 0.15) is 5.75 Å². The Balaban J connectivity index is 1.39. The Kier molecular flexibility index (Phi) is 6.58. The van der Waals surface area contributed by atoms with Crippen molar-refractivity contribution in [3.8, 4) is 5.75 Å². The van der Waals surface area contributed by atoms with Gasteiger partial charge < -0.3 is 19.9 Å². The molecule has 1 aliphatic heterocycles. The molecule has 1 saturated heterocycles. The molecule has 1 amide bonds. The van der Waals surface area contributed by atoms with Gasteiger partial charge in [-0.2, -0.15) is 0 Å². The molecule has 1 heterocycles. The molecule has 2 aromatic carbocycles. The Morgan fingerprint density at radius 1 is 1.00 bits per heavy atom. The van der Waals surface area contributed by atoms with Crippen LogP contribution in [-0.2, 0) is 4.79 Å². The van der Waals surface area contributed by atoms with Crippen molar-refractivity contribution in [1.82, 2.24) is 4.90 Å². The fraction of sp³-hybridized carbons (Fsp3) is 0.409. The van der Waals surface area contributed by atoms with E-state index >= 15 is 0 Å². The zero-order valence-corrected chi connectivity index (χ0v) is 16.2. The molecular weight excluding hydrogens is 338 g/mol. The van der Waals surface area contributed by atoms with Gasteiger partial charge in [0, 0.05) is 50.5 Å². The lowest BCUT2D eigenvalue weighted by Gasteiger charge is -2.36. The summed E-state index contributed by atoms with van der Waals surface area (Å²) in [6.45, 7) is 8.02. The Hall–Kier alpha value is -2.69. The van der Waals surface area contributed by atoms with Gasteiger partial charge in [0.2, 0.25) is 5.91 Å². The molecule has 3 rings (SSSR count). The van der Waals surface area contributed by atoms with E-state index in [-0.39, 0.29) is 12.0 Å². The fourth-order valence-corrected chi connectivity index (χ4v) is 3.25. The van der Waals surface area contributed by atoms with Crippen LogP contribution in [0.3, 0.4) is 0 Å². The van der Waals surface area contributed by atoms with Gasteiger partial charge >= 0.3 is 0 Å². The molecule has 0 aromatic heterocycles. The lowest BCUT2D eigenvalue weighted by molar-refractivity contribution is -0.131. The van der Waals surface area contributed by atoms with Crippen molar-refractivity contribution in [3.63, 3.8) is 0 Å². The van der Waals surface area contributed by atoms with Crippen LogP contribution in [0.15, 0.2) is 54.6 Å². The number of nitrogens with one attached hydrogen (secondary N) is 1. The molecule has 0 aliphatic carbocycles. The van der Waals surface area contributed by atoms with Crippen molar-refractivity contribution in [2.75, 3.05) is 42.9 Å². The van der Waals surface area contributed by atoms with Crippen molar-refractivity contribution in [1.29, 1.82) is 0 Å². The van der Waals surface area contributed by atoms with Crippen molar-refractivity contribution in [2.45, 2.75) is 26.4 Å². The SMILES string of the molecule is CC(C)Oc1ccc(NCCC(=O)N2CCN(c3ccccc3)CC2)cc1. The average Bonchev–Trinajstić information content (AvgIpc) is 2.69. The molecule has 0 radical (unpaired) electrons. The van der Waals surface area contributed by atoms with Crippen LogP contribution in [0.25, 0.3) is 0 Å². The molecule has 0 atom stereocenters. The summed E-state index contributed by atoms with van der Waals surface area (Å²) in [4.78, 5) is 16.8. The van der Waals surface area contributed by atoms with Gasteiger partial charge in [-0.05, 0) is 50.2 Å². The van der Waals surface area contributed by atoms with Crippen molar-refractivity contribution < 1.29 is 9.53 Å². The number of rotatable bonds is 7. The maximum absolute atomic E-state index is 12.5. The van der Waals surface area contributed by atoms with Crippen molar-refractivity contribution >= 4 is 17.3 Å². The number of amides is 1. The molecule has 1 aliphatic rings. The number of piperazine rings is 1. The highest BCUT2D eigenvalue weighted by atomic mass is 16.5. The van der Waals surface area contributed by atoms with Crippen LogP contribution in [0.1, 0.15) is 20.3 Å². The third-order valence-corrected chi connectivity index (χ3v) is 4.65. The first-order valence-corrected chi connectivity index (χ1v) is 9.70. The Bertz CT molecular complexity index is 708. The van der Waals surface area contributed by atoms with Crippen molar-refractivity contribution in [3.05, 3.63) is 54.6 Å². The van der Waals surface area contributed by atoms with Gasteiger partial charge in [-0.1, -0.05) is 18.2 Å². The smallest absolute Gasteiger partial charge is 0.224 e. The van der Waals surface area contributed by atoms with E-state index < -0.39 is 0 Å². The molecule has 2 aromatic rings. The van der Waals surface area contributed by atoms with Crippen LogP contribution in [0.5, 0.6) is 5.75 Å². The van der Waals surface area contributed by atoms with Crippen LogP contribution in [-0.4, -0.2) is 49.6 Å². The molecular formula is C22H29N3O2. The summed E-state index contributed by atoms with van der Waals surface area (Å²) in [7, 11) is 0. The van der Waals surface area contributed by atoms with Gasteiger partial charge in [0.15, 0.2) is 0 Å². The molecule has 144 valence electrons. The number of para-hydroxylation sites is 1. The molecule has 0 saturated carbocycles. The Morgan fingerprint density at radius 3 is 2.30 bits per heavy atom. The van der Waals surface area contributed by atoms with Gasteiger partial charge in [-0.25, -0.2) is 0 Å². The third kappa shape index (κ3) is 5.64.